The minimum Gasteiger partial charge on any atom is -0.375 e. The van der Waals surface area contributed by atoms with Gasteiger partial charge in [-0.15, -0.1) is 11.3 Å². The van der Waals surface area contributed by atoms with Gasteiger partial charge in [0.2, 0.25) is 0 Å². The van der Waals surface area contributed by atoms with E-state index in [4.69, 9.17) is 11.0 Å². The highest BCUT2D eigenvalue weighted by Crippen LogP contribution is 2.30. The zero-order valence-corrected chi connectivity index (χ0v) is 13.1. The standard InChI is InChI=1S/C18H14FN3S/c19-15-7-5-14(6-8-15)16(17-11-23-18(21)22-17)9-12-1-3-13(10-20)4-2-12/h1-8,11,16H,9H2,(H2,21,22). The maximum Gasteiger partial charge on any atom is 0.180 e. The third-order valence-corrected chi connectivity index (χ3v) is 4.38. The van der Waals surface area contributed by atoms with Crippen LogP contribution < -0.4 is 5.73 Å². The molecule has 1 aromatic heterocycles. The molecule has 1 atom stereocenters. The summed E-state index contributed by atoms with van der Waals surface area (Å²) < 4.78 is 13.2. The Balaban J connectivity index is 1.94. The first kappa shape index (κ1) is 15.2. The number of nitrogen functional groups attached to an aromatic ring is 1. The van der Waals surface area contributed by atoms with Gasteiger partial charge in [0.05, 0.1) is 17.3 Å². The van der Waals surface area contributed by atoms with E-state index in [1.54, 1.807) is 24.3 Å². The molecule has 0 aliphatic carbocycles. The van der Waals surface area contributed by atoms with E-state index in [1.165, 1.54) is 23.5 Å². The van der Waals surface area contributed by atoms with Gasteiger partial charge in [-0.25, -0.2) is 9.37 Å². The van der Waals surface area contributed by atoms with Gasteiger partial charge in [0, 0.05) is 11.3 Å². The molecule has 23 heavy (non-hydrogen) atoms. The number of nitriles is 1. The highest BCUT2D eigenvalue weighted by Gasteiger charge is 2.18. The van der Waals surface area contributed by atoms with Crippen molar-refractivity contribution in [2.45, 2.75) is 12.3 Å². The van der Waals surface area contributed by atoms with Crippen LogP contribution in [0, 0.1) is 17.1 Å². The fourth-order valence-corrected chi connectivity index (χ4v) is 3.12. The van der Waals surface area contributed by atoms with Gasteiger partial charge in [0.1, 0.15) is 5.82 Å². The monoisotopic (exact) mass is 323 g/mol. The molecule has 3 rings (SSSR count). The van der Waals surface area contributed by atoms with Crippen molar-refractivity contribution < 1.29 is 4.39 Å². The SMILES string of the molecule is N#Cc1ccc(CC(c2ccc(F)cc2)c2csc(N)n2)cc1. The van der Waals surface area contributed by atoms with E-state index < -0.39 is 0 Å². The third-order valence-electron chi connectivity index (χ3n) is 3.69. The average molecular weight is 323 g/mol. The molecule has 0 fully saturated rings. The number of hydrogen-bond acceptors (Lipinski definition) is 4. The van der Waals surface area contributed by atoms with Crippen LogP contribution in [-0.2, 0) is 6.42 Å². The molecule has 0 amide bonds. The highest BCUT2D eigenvalue weighted by molar-refractivity contribution is 7.13. The van der Waals surface area contributed by atoms with Crippen LogP contribution in [0.25, 0.3) is 0 Å². The van der Waals surface area contributed by atoms with E-state index >= 15 is 0 Å². The van der Waals surface area contributed by atoms with Crippen LogP contribution in [-0.4, -0.2) is 4.98 Å². The molecule has 0 aliphatic heterocycles. The van der Waals surface area contributed by atoms with Gasteiger partial charge in [-0.05, 0) is 41.8 Å². The lowest BCUT2D eigenvalue weighted by atomic mass is 9.89. The van der Waals surface area contributed by atoms with Crippen LogP contribution in [0.3, 0.4) is 0 Å². The molecular weight excluding hydrogens is 309 g/mol. The maximum absolute atomic E-state index is 13.2. The van der Waals surface area contributed by atoms with Gasteiger partial charge in [-0.2, -0.15) is 5.26 Å². The predicted molar refractivity (Wildman–Crippen MR) is 89.6 cm³/mol. The molecule has 2 N–H and O–H groups in total. The highest BCUT2D eigenvalue weighted by atomic mass is 32.1. The number of anilines is 1. The number of thiazole rings is 1. The van der Waals surface area contributed by atoms with Crippen molar-refractivity contribution >= 4 is 16.5 Å². The van der Waals surface area contributed by atoms with Crippen molar-refractivity contribution in [3.63, 3.8) is 0 Å². The molecule has 5 heteroatoms. The molecule has 1 unspecified atom stereocenters. The summed E-state index contributed by atoms with van der Waals surface area (Å²) in [5, 5.41) is 11.3. The largest absolute Gasteiger partial charge is 0.375 e. The Morgan fingerprint density at radius 2 is 1.83 bits per heavy atom. The maximum atomic E-state index is 13.2. The van der Waals surface area contributed by atoms with Gasteiger partial charge in [0.15, 0.2) is 5.13 Å². The van der Waals surface area contributed by atoms with Gasteiger partial charge in [-0.3, -0.25) is 0 Å². The molecule has 114 valence electrons. The zero-order chi connectivity index (χ0) is 16.2. The van der Waals surface area contributed by atoms with E-state index in [0.29, 0.717) is 17.1 Å². The fraction of sp³-hybridized carbons (Fsp3) is 0.111. The van der Waals surface area contributed by atoms with Gasteiger partial charge in [0.25, 0.3) is 0 Å². The lowest BCUT2D eigenvalue weighted by molar-refractivity contribution is 0.626. The van der Waals surface area contributed by atoms with Crippen molar-refractivity contribution in [2.24, 2.45) is 0 Å². The second kappa shape index (κ2) is 6.59. The van der Waals surface area contributed by atoms with E-state index in [2.05, 4.69) is 11.1 Å². The molecule has 3 aromatic rings. The molecule has 0 saturated carbocycles. The topological polar surface area (TPSA) is 62.7 Å². The summed E-state index contributed by atoms with van der Waals surface area (Å²) in [4.78, 5) is 4.39. The lowest BCUT2D eigenvalue weighted by Gasteiger charge is -2.16. The first-order chi connectivity index (χ1) is 11.2. The molecule has 3 nitrogen and oxygen atoms in total. The quantitative estimate of drug-likeness (QED) is 0.786. The molecule has 0 radical (unpaired) electrons. The molecule has 1 heterocycles. The summed E-state index contributed by atoms with van der Waals surface area (Å²) in [5.74, 6) is -0.263. The predicted octanol–water partition coefficient (Wildman–Crippen LogP) is 4.11. The van der Waals surface area contributed by atoms with E-state index in [9.17, 15) is 4.39 Å². The molecule has 0 aliphatic rings. The van der Waals surface area contributed by atoms with Crippen molar-refractivity contribution in [1.82, 2.24) is 4.98 Å². The molecule has 2 aromatic carbocycles. The third kappa shape index (κ3) is 3.55. The zero-order valence-electron chi connectivity index (χ0n) is 12.2. The molecule has 0 bridgehead atoms. The number of nitrogens with zero attached hydrogens (tertiary/aromatic N) is 2. The van der Waals surface area contributed by atoms with E-state index in [1.807, 2.05) is 17.5 Å². The van der Waals surface area contributed by atoms with Gasteiger partial charge in [-0.1, -0.05) is 24.3 Å². The van der Waals surface area contributed by atoms with E-state index in [0.717, 1.165) is 16.8 Å². The first-order valence-electron chi connectivity index (χ1n) is 7.11. The summed E-state index contributed by atoms with van der Waals surface area (Å²) in [6, 6.07) is 16.0. The number of nitrogens with two attached hydrogens (primary N) is 1. The minimum atomic E-state index is -0.260. The Morgan fingerprint density at radius 3 is 2.39 bits per heavy atom. The number of benzene rings is 2. The second-order valence-electron chi connectivity index (χ2n) is 5.23. The first-order valence-corrected chi connectivity index (χ1v) is 7.99. The normalized spacial score (nSPS) is 11.8. The summed E-state index contributed by atoms with van der Waals surface area (Å²) in [5.41, 5.74) is 9.34. The Labute approximate surface area is 137 Å². The summed E-state index contributed by atoms with van der Waals surface area (Å²) in [7, 11) is 0. The average Bonchev–Trinajstić information content (AvgIpc) is 3.00. The summed E-state index contributed by atoms with van der Waals surface area (Å²) in [6.07, 6.45) is 0.709. The Morgan fingerprint density at radius 1 is 1.13 bits per heavy atom. The van der Waals surface area contributed by atoms with Gasteiger partial charge < -0.3 is 5.73 Å². The van der Waals surface area contributed by atoms with Crippen molar-refractivity contribution in [1.29, 1.82) is 5.26 Å². The smallest absolute Gasteiger partial charge is 0.180 e. The second-order valence-corrected chi connectivity index (χ2v) is 6.12. The Hall–Kier alpha value is -2.71. The summed E-state index contributed by atoms with van der Waals surface area (Å²) >= 11 is 1.40. The van der Waals surface area contributed by atoms with Crippen LogP contribution >= 0.6 is 11.3 Å². The van der Waals surface area contributed by atoms with Crippen LogP contribution in [0.2, 0.25) is 0 Å². The van der Waals surface area contributed by atoms with E-state index in [-0.39, 0.29) is 11.7 Å². The van der Waals surface area contributed by atoms with Crippen LogP contribution in [0.15, 0.2) is 53.9 Å². The Kier molecular flexibility index (Phi) is 4.35. The number of rotatable bonds is 4. The molecule has 0 saturated heterocycles. The minimum absolute atomic E-state index is 0.00270. The molecular formula is C18H14FN3S. The van der Waals surface area contributed by atoms with Crippen molar-refractivity contribution in [3.8, 4) is 6.07 Å². The summed E-state index contributed by atoms with van der Waals surface area (Å²) in [6.45, 7) is 0. The number of aromatic nitrogens is 1. The van der Waals surface area contributed by atoms with Crippen molar-refractivity contribution in [2.75, 3.05) is 5.73 Å². The van der Waals surface area contributed by atoms with Crippen LogP contribution in [0.1, 0.15) is 28.3 Å². The van der Waals surface area contributed by atoms with Crippen LogP contribution in [0.4, 0.5) is 9.52 Å². The number of hydrogen-bond donors (Lipinski definition) is 1. The van der Waals surface area contributed by atoms with Crippen molar-refractivity contribution in [3.05, 3.63) is 82.1 Å². The fourth-order valence-electron chi connectivity index (χ4n) is 2.50. The number of halogens is 1. The molecule has 0 spiro atoms. The Bertz CT molecular complexity index is 832. The van der Waals surface area contributed by atoms with Crippen LogP contribution in [0.5, 0.6) is 0 Å². The van der Waals surface area contributed by atoms with Gasteiger partial charge >= 0.3 is 0 Å². The lowest BCUT2D eigenvalue weighted by Crippen LogP contribution is -2.06.